The molecular weight excluding hydrogens is 382 g/mol. The lowest BCUT2D eigenvalue weighted by Crippen LogP contribution is -2.45. The second kappa shape index (κ2) is 9.10. The van der Waals surface area contributed by atoms with E-state index in [1.807, 2.05) is 16.7 Å². The zero-order valence-electron chi connectivity index (χ0n) is 17.8. The molecule has 0 unspecified atom stereocenters. The second-order valence-corrected chi connectivity index (χ2v) is 8.68. The molecule has 3 fully saturated rings. The minimum atomic E-state index is 0.00330. The van der Waals surface area contributed by atoms with Gasteiger partial charge in [0.05, 0.1) is 17.8 Å². The first-order chi connectivity index (χ1) is 14.5. The molecule has 0 radical (unpaired) electrons. The average molecular weight is 414 g/mol. The van der Waals surface area contributed by atoms with Gasteiger partial charge in [-0.15, -0.1) is 0 Å². The Morgan fingerprint density at radius 2 is 1.80 bits per heavy atom. The maximum atomic E-state index is 12.8. The Kier molecular flexibility index (Phi) is 6.29. The molecule has 1 atom stereocenters. The molecular formula is C22H31N5O3. The van der Waals surface area contributed by atoms with Gasteiger partial charge in [-0.1, -0.05) is 0 Å². The third-order valence-corrected chi connectivity index (χ3v) is 6.51. The molecule has 3 aliphatic heterocycles. The van der Waals surface area contributed by atoms with Crippen molar-refractivity contribution in [3.05, 3.63) is 23.3 Å². The number of hydrogen-bond donors (Lipinski definition) is 0. The Hall–Kier alpha value is -2.51. The third-order valence-electron chi connectivity index (χ3n) is 6.51. The first-order valence-electron chi connectivity index (χ1n) is 11.2. The van der Waals surface area contributed by atoms with Gasteiger partial charge in [0, 0.05) is 51.3 Å². The number of likely N-dealkylation sites (tertiary alicyclic amines) is 3. The van der Waals surface area contributed by atoms with Gasteiger partial charge < -0.3 is 14.7 Å². The Morgan fingerprint density at radius 1 is 1.03 bits per heavy atom. The molecule has 30 heavy (non-hydrogen) atoms. The molecule has 3 amide bonds. The molecule has 1 aromatic heterocycles. The molecule has 0 bridgehead atoms. The van der Waals surface area contributed by atoms with Gasteiger partial charge in [-0.25, -0.2) is 9.97 Å². The number of piperidine rings is 2. The van der Waals surface area contributed by atoms with Gasteiger partial charge in [-0.3, -0.25) is 14.4 Å². The summed E-state index contributed by atoms with van der Waals surface area (Å²) in [5.74, 6) is 0.870. The standard InChI is InChI=1S/C22H31N5O3/c1-16-18(22(30)25-9-3-2-4-10-25)13-23-21(24-16)17-7-5-11-26(14-17)20(29)15-27-12-6-8-19(27)28/h13,17H,2-12,14-15H2,1H3/t17-/m1/s1. The van der Waals surface area contributed by atoms with E-state index < -0.39 is 0 Å². The lowest BCUT2D eigenvalue weighted by atomic mass is 9.96. The molecule has 4 rings (SSSR count). The SMILES string of the molecule is Cc1nc([C@@H]2CCCN(C(=O)CN3CCCC3=O)C2)ncc1C(=O)N1CCCCC1. The highest BCUT2D eigenvalue weighted by Gasteiger charge is 2.30. The molecule has 0 aromatic carbocycles. The number of carbonyl (C=O) groups excluding carboxylic acids is 3. The summed E-state index contributed by atoms with van der Waals surface area (Å²) in [6, 6.07) is 0. The number of aryl methyl sites for hydroxylation is 1. The van der Waals surface area contributed by atoms with Crippen LogP contribution in [0.2, 0.25) is 0 Å². The highest BCUT2D eigenvalue weighted by Crippen LogP contribution is 2.26. The highest BCUT2D eigenvalue weighted by atomic mass is 16.2. The Bertz CT molecular complexity index is 821. The van der Waals surface area contributed by atoms with E-state index in [2.05, 4.69) is 9.97 Å². The number of hydrogen-bond acceptors (Lipinski definition) is 5. The van der Waals surface area contributed by atoms with Gasteiger partial charge in [0.1, 0.15) is 5.82 Å². The molecule has 3 saturated heterocycles. The van der Waals surface area contributed by atoms with E-state index in [1.165, 1.54) is 6.42 Å². The maximum absolute atomic E-state index is 12.8. The molecule has 8 nitrogen and oxygen atoms in total. The highest BCUT2D eigenvalue weighted by molar-refractivity contribution is 5.95. The lowest BCUT2D eigenvalue weighted by Gasteiger charge is -2.33. The van der Waals surface area contributed by atoms with Crippen molar-refractivity contribution in [1.82, 2.24) is 24.7 Å². The summed E-state index contributed by atoms with van der Waals surface area (Å²) >= 11 is 0. The summed E-state index contributed by atoms with van der Waals surface area (Å²) < 4.78 is 0. The van der Waals surface area contributed by atoms with E-state index in [1.54, 1.807) is 11.1 Å². The van der Waals surface area contributed by atoms with Crippen LogP contribution in [0.15, 0.2) is 6.20 Å². The molecule has 4 heterocycles. The smallest absolute Gasteiger partial charge is 0.257 e. The Balaban J connectivity index is 1.40. The van der Waals surface area contributed by atoms with E-state index in [9.17, 15) is 14.4 Å². The topological polar surface area (TPSA) is 86.7 Å². The minimum Gasteiger partial charge on any atom is -0.340 e. The summed E-state index contributed by atoms with van der Waals surface area (Å²) in [6.45, 7) is 5.61. The Labute approximate surface area is 177 Å². The van der Waals surface area contributed by atoms with E-state index in [0.717, 1.165) is 45.2 Å². The van der Waals surface area contributed by atoms with Crippen molar-refractivity contribution in [2.75, 3.05) is 39.3 Å². The van der Waals surface area contributed by atoms with Gasteiger partial charge in [-0.2, -0.15) is 0 Å². The predicted molar refractivity (Wildman–Crippen MR) is 111 cm³/mol. The predicted octanol–water partition coefficient (Wildman–Crippen LogP) is 1.74. The van der Waals surface area contributed by atoms with Crippen molar-refractivity contribution in [1.29, 1.82) is 0 Å². The average Bonchev–Trinajstić information content (AvgIpc) is 3.18. The Morgan fingerprint density at radius 3 is 2.50 bits per heavy atom. The van der Waals surface area contributed by atoms with Gasteiger partial charge in [0.15, 0.2) is 0 Å². The number of carbonyl (C=O) groups is 3. The molecule has 3 aliphatic rings. The fraction of sp³-hybridized carbons (Fsp3) is 0.682. The normalized spacial score (nSPS) is 22.5. The van der Waals surface area contributed by atoms with Crippen LogP contribution >= 0.6 is 0 Å². The first kappa shape index (κ1) is 20.8. The quantitative estimate of drug-likeness (QED) is 0.750. The van der Waals surface area contributed by atoms with Crippen LogP contribution < -0.4 is 0 Å². The zero-order chi connectivity index (χ0) is 21.1. The molecule has 0 N–H and O–H groups in total. The van der Waals surface area contributed by atoms with Gasteiger partial charge in [0.2, 0.25) is 11.8 Å². The van der Waals surface area contributed by atoms with Crippen LogP contribution in [-0.4, -0.2) is 81.7 Å². The minimum absolute atomic E-state index is 0.00330. The van der Waals surface area contributed by atoms with E-state index in [-0.39, 0.29) is 30.2 Å². The van der Waals surface area contributed by atoms with Crippen molar-refractivity contribution in [2.45, 2.75) is 57.8 Å². The molecule has 8 heteroatoms. The van der Waals surface area contributed by atoms with Gasteiger partial charge in [-0.05, 0) is 45.4 Å². The molecule has 0 aliphatic carbocycles. The fourth-order valence-electron chi connectivity index (χ4n) is 4.71. The summed E-state index contributed by atoms with van der Waals surface area (Å²) in [5.41, 5.74) is 1.29. The van der Waals surface area contributed by atoms with E-state index >= 15 is 0 Å². The lowest BCUT2D eigenvalue weighted by molar-refractivity contribution is -0.139. The van der Waals surface area contributed by atoms with Crippen LogP contribution in [0, 0.1) is 6.92 Å². The largest absolute Gasteiger partial charge is 0.340 e. The second-order valence-electron chi connectivity index (χ2n) is 8.68. The first-order valence-corrected chi connectivity index (χ1v) is 11.2. The monoisotopic (exact) mass is 413 g/mol. The molecule has 0 saturated carbocycles. The van der Waals surface area contributed by atoms with Gasteiger partial charge >= 0.3 is 0 Å². The molecule has 1 aromatic rings. The number of rotatable bonds is 4. The van der Waals surface area contributed by atoms with Crippen LogP contribution in [-0.2, 0) is 9.59 Å². The van der Waals surface area contributed by atoms with Crippen LogP contribution in [0.3, 0.4) is 0 Å². The van der Waals surface area contributed by atoms with Gasteiger partial charge in [0.25, 0.3) is 5.91 Å². The fourth-order valence-corrected chi connectivity index (χ4v) is 4.71. The van der Waals surface area contributed by atoms with Crippen molar-refractivity contribution in [2.24, 2.45) is 0 Å². The summed E-state index contributed by atoms with van der Waals surface area (Å²) in [4.78, 5) is 51.9. The van der Waals surface area contributed by atoms with Crippen molar-refractivity contribution in [3.63, 3.8) is 0 Å². The molecule has 162 valence electrons. The zero-order valence-corrected chi connectivity index (χ0v) is 17.8. The third kappa shape index (κ3) is 4.47. The maximum Gasteiger partial charge on any atom is 0.257 e. The van der Waals surface area contributed by atoms with Crippen molar-refractivity contribution < 1.29 is 14.4 Å². The van der Waals surface area contributed by atoms with E-state index in [0.29, 0.717) is 43.1 Å². The number of amides is 3. The van der Waals surface area contributed by atoms with Crippen LogP contribution in [0.25, 0.3) is 0 Å². The summed E-state index contributed by atoms with van der Waals surface area (Å²) in [6.07, 6.45) is 8.15. The van der Waals surface area contributed by atoms with E-state index in [4.69, 9.17) is 0 Å². The number of aromatic nitrogens is 2. The summed E-state index contributed by atoms with van der Waals surface area (Å²) in [5, 5.41) is 0. The van der Waals surface area contributed by atoms with Crippen LogP contribution in [0.5, 0.6) is 0 Å². The molecule has 0 spiro atoms. The van der Waals surface area contributed by atoms with Crippen LogP contribution in [0.4, 0.5) is 0 Å². The number of nitrogens with zero attached hydrogens (tertiary/aromatic N) is 5. The van der Waals surface area contributed by atoms with Crippen molar-refractivity contribution >= 4 is 17.7 Å². The summed E-state index contributed by atoms with van der Waals surface area (Å²) in [7, 11) is 0. The van der Waals surface area contributed by atoms with Crippen LogP contribution in [0.1, 0.15) is 72.7 Å². The van der Waals surface area contributed by atoms with Crippen molar-refractivity contribution in [3.8, 4) is 0 Å².